The molecule has 0 saturated carbocycles. The van der Waals surface area contributed by atoms with Gasteiger partial charge in [0.1, 0.15) is 11.5 Å². The van der Waals surface area contributed by atoms with Crippen molar-refractivity contribution in [2.75, 3.05) is 0 Å². The lowest BCUT2D eigenvalue weighted by Crippen LogP contribution is -2.01. The van der Waals surface area contributed by atoms with Crippen molar-refractivity contribution in [2.24, 2.45) is 0 Å². The van der Waals surface area contributed by atoms with Crippen LogP contribution >= 0.6 is 11.3 Å². The lowest BCUT2D eigenvalue weighted by atomic mass is 10.0. The molecule has 100 valence electrons. The predicted octanol–water partition coefficient (Wildman–Crippen LogP) is 2.23. The number of rotatable bonds is 2. The maximum atomic E-state index is 12.3. The highest BCUT2D eigenvalue weighted by Crippen LogP contribution is 2.26. The topological polar surface area (TPSA) is 90.4 Å². The Labute approximate surface area is 116 Å². The first kappa shape index (κ1) is 12.4. The number of hydrogen-bond acceptors (Lipinski definition) is 5. The normalized spacial score (nSPS) is 10.8. The number of carbonyl (C=O) groups is 1. The summed E-state index contributed by atoms with van der Waals surface area (Å²) in [5, 5.41) is 19.1. The van der Waals surface area contributed by atoms with Crippen LogP contribution in [0.5, 0.6) is 11.5 Å². The van der Waals surface area contributed by atoms with E-state index >= 15 is 0 Å². The fourth-order valence-corrected chi connectivity index (χ4v) is 2.67. The summed E-state index contributed by atoms with van der Waals surface area (Å²) >= 11 is 1.06. The fourth-order valence-electron chi connectivity index (χ4n) is 1.95. The molecular formula is C14H9NO4S. The Balaban J connectivity index is 2.12. The van der Waals surface area contributed by atoms with E-state index in [2.05, 4.69) is 4.98 Å². The minimum absolute atomic E-state index is 0.0157. The van der Waals surface area contributed by atoms with Gasteiger partial charge in [-0.25, -0.2) is 0 Å². The Morgan fingerprint density at radius 1 is 1.10 bits per heavy atom. The van der Waals surface area contributed by atoms with Crippen molar-refractivity contribution in [1.29, 1.82) is 0 Å². The van der Waals surface area contributed by atoms with Crippen LogP contribution in [0.15, 0.2) is 41.2 Å². The maximum Gasteiger partial charge on any atom is 0.305 e. The van der Waals surface area contributed by atoms with Gasteiger partial charge in [-0.05, 0) is 36.4 Å². The second kappa shape index (κ2) is 4.50. The number of phenols is 2. The number of benzene rings is 2. The Morgan fingerprint density at radius 2 is 1.90 bits per heavy atom. The third kappa shape index (κ3) is 2.06. The van der Waals surface area contributed by atoms with Crippen LogP contribution in [0.4, 0.5) is 0 Å². The summed E-state index contributed by atoms with van der Waals surface area (Å²) in [7, 11) is 0. The van der Waals surface area contributed by atoms with E-state index in [0.29, 0.717) is 11.1 Å². The lowest BCUT2D eigenvalue weighted by molar-refractivity contribution is 0.103. The van der Waals surface area contributed by atoms with E-state index in [1.54, 1.807) is 18.2 Å². The number of nitrogens with one attached hydrogen (secondary N) is 1. The van der Waals surface area contributed by atoms with E-state index in [9.17, 15) is 19.8 Å². The number of hydrogen-bond donors (Lipinski definition) is 3. The molecule has 3 N–H and O–H groups in total. The average Bonchev–Trinajstić information content (AvgIpc) is 2.79. The molecule has 0 radical (unpaired) electrons. The third-order valence-corrected chi connectivity index (χ3v) is 3.77. The van der Waals surface area contributed by atoms with E-state index in [1.807, 2.05) is 0 Å². The van der Waals surface area contributed by atoms with Gasteiger partial charge in [0.2, 0.25) is 0 Å². The van der Waals surface area contributed by atoms with Crippen molar-refractivity contribution >= 4 is 27.3 Å². The molecular weight excluding hydrogens is 278 g/mol. The largest absolute Gasteiger partial charge is 0.508 e. The summed E-state index contributed by atoms with van der Waals surface area (Å²) in [4.78, 5) is 26.0. The van der Waals surface area contributed by atoms with E-state index in [-0.39, 0.29) is 21.9 Å². The summed E-state index contributed by atoms with van der Waals surface area (Å²) in [6.45, 7) is 0. The standard InChI is InChI=1S/C14H9NO4S/c16-8-2-3-11(17)9(6-8)13(18)7-1-4-12-10(5-7)15-14(19)20-12/h1-6,16-17H,(H,15,19). The maximum absolute atomic E-state index is 12.3. The molecule has 1 aromatic heterocycles. The van der Waals surface area contributed by atoms with Crippen LogP contribution in [-0.4, -0.2) is 21.0 Å². The molecule has 2 aromatic carbocycles. The van der Waals surface area contributed by atoms with Gasteiger partial charge in [-0.3, -0.25) is 9.59 Å². The van der Waals surface area contributed by atoms with Gasteiger partial charge in [0.15, 0.2) is 5.78 Å². The molecule has 5 nitrogen and oxygen atoms in total. The molecule has 0 aliphatic rings. The van der Waals surface area contributed by atoms with Crippen molar-refractivity contribution in [3.8, 4) is 11.5 Å². The van der Waals surface area contributed by atoms with Gasteiger partial charge in [-0.1, -0.05) is 11.3 Å². The number of H-pyrrole nitrogens is 1. The van der Waals surface area contributed by atoms with E-state index in [4.69, 9.17) is 0 Å². The van der Waals surface area contributed by atoms with Gasteiger partial charge >= 0.3 is 4.87 Å². The summed E-state index contributed by atoms with van der Waals surface area (Å²) in [6, 6.07) is 8.57. The molecule has 0 bridgehead atoms. The van der Waals surface area contributed by atoms with Crippen molar-refractivity contribution in [3.05, 3.63) is 57.2 Å². The highest BCUT2D eigenvalue weighted by molar-refractivity contribution is 7.16. The molecule has 3 aromatic rings. The fraction of sp³-hybridized carbons (Fsp3) is 0. The highest BCUT2D eigenvalue weighted by atomic mass is 32.1. The summed E-state index contributed by atoms with van der Waals surface area (Å²) < 4.78 is 0.756. The van der Waals surface area contributed by atoms with Crippen molar-refractivity contribution in [1.82, 2.24) is 4.98 Å². The van der Waals surface area contributed by atoms with Crippen LogP contribution in [0.2, 0.25) is 0 Å². The van der Waals surface area contributed by atoms with Crippen LogP contribution in [0, 0.1) is 0 Å². The number of phenolic OH excluding ortho intramolecular Hbond substituents is 2. The molecule has 0 amide bonds. The second-order valence-electron chi connectivity index (χ2n) is 4.26. The summed E-state index contributed by atoms with van der Waals surface area (Å²) in [5.74, 6) is -0.727. The van der Waals surface area contributed by atoms with Crippen molar-refractivity contribution in [2.45, 2.75) is 0 Å². The number of thiazole rings is 1. The van der Waals surface area contributed by atoms with Gasteiger partial charge in [0.05, 0.1) is 15.8 Å². The lowest BCUT2D eigenvalue weighted by Gasteiger charge is -2.04. The van der Waals surface area contributed by atoms with E-state index in [0.717, 1.165) is 16.0 Å². The Kier molecular flexibility index (Phi) is 2.80. The minimum atomic E-state index is -0.424. The van der Waals surface area contributed by atoms with Crippen LogP contribution in [0.1, 0.15) is 15.9 Å². The number of aromatic hydroxyl groups is 2. The molecule has 0 unspecified atom stereocenters. The third-order valence-electron chi connectivity index (χ3n) is 2.91. The molecule has 1 heterocycles. The van der Waals surface area contributed by atoms with Crippen molar-refractivity contribution < 1.29 is 15.0 Å². The average molecular weight is 287 g/mol. The zero-order valence-corrected chi connectivity index (χ0v) is 10.9. The monoisotopic (exact) mass is 287 g/mol. The molecule has 0 atom stereocenters. The van der Waals surface area contributed by atoms with Gasteiger partial charge < -0.3 is 15.2 Å². The molecule has 0 fully saturated rings. The number of aromatic nitrogens is 1. The van der Waals surface area contributed by atoms with Crippen molar-refractivity contribution in [3.63, 3.8) is 0 Å². The molecule has 3 rings (SSSR count). The smallest absolute Gasteiger partial charge is 0.305 e. The number of carbonyl (C=O) groups excluding carboxylic acids is 1. The van der Waals surface area contributed by atoms with E-state index < -0.39 is 5.78 Å². The molecule has 6 heteroatoms. The molecule has 0 spiro atoms. The van der Waals surface area contributed by atoms with Gasteiger partial charge in [0, 0.05) is 5.56 Å². The van der Waals surface area contributed by atoms with Crippen LogP contribution in [-0.2, 0) is 0 Å². The molecule has 0 saturated heterocycles. The van der Waals surface area contributed by atoms with Gasteiger partial charge in [0.25, 0.3) is 0 Å². The number of ketones is 1. The number of aromatic amines is 1. The molecule has 20 heavy (non-hydrogen) atoms. The van der Waals surface area contributed by atoms with E-state index in [1.165, 1.54) is 18.2 Å². The quantitative estimate of drug-likeness (QED) is 0.498. The minimum Gasteiger partial charge on any atom is -0.508 e. The zero-order valence-electron chi connectivity index (χ0n) is 10.1. The Morgan fingerprint density at radius 3 is 2.70 bits per heavy atom. The summed E-state index contributed by atoms with van der Waals surface area (Å²) in [5.41, 5.74) is 0.917. The van der Waals surface area contributed by atoms with Gasteiger partial charge in [-0.15, -0.1) is 0 Å². The SMILES string of the molecule is O=C(c1ccc2sc(=O)[nH]c2c1)c1cc(O)ccc1O. The highest BCUT2D eigenvalue weighted by Gasteiger charge is 2.15. The number of fused-ring (bicyclic) bond motifs is 1. The van der Waals surface area contributed by atoms with Crippen LogP contribution in [0.25, 0.3) is 10.2 Å². The summed E-state index contributed by atoms with van der Waals surface area (Å²) in [6.07, 6.45) is 0. The first-order valence-corrected chi connectivity index (χ1v) is 6.56. The molecule has 0 aliphatic carbocycles. The van der Waals surface area contributed by atoms with Gasteiger partial charge in [-0.2, -0.15) is 0 Å². The Bertz CT molecular complexity index is 878. The zero-order chi connectivity index (χ0) is 14.3. The molecule has 0 aliphatic heterocycles. The first-order chi connectivity index (χ1) is 9.54. The predicted molar refractivity (Wildman–Crippen MR) is 75.6 cm³/mol. The second-order valence-corrected chi connectivity index (χ2v) is 5.27. The first-order valence-electron chi connectivity index (χ1n) is 5.74. The Hall–Kier alpha value is -2.60. The van der Waals surface area contributed by atoms with Crippen LogP contribution in [0.3, 0.4) is 0 Å². The van der Waals surface area contributed by atoms with Crippen LogP contribution < -0.4 is 4.87 Å².